The van der Waals surface area contributed by atoms with Crippen LogP contribution >= 0.6 is 0 Å². The molecule has 4 rings (SSSR count). The molecule has 0 aromatic heterocycles. The predicted molar refractivity (Wildman–Crippen MR) is 108 cm³/mol. The maximum absolute atomic E-state index is 12.6. The van der Waals surface area contributed by atoms with Crippen LogP contribution in [0.3, 0.4) is 0 Å². The zero-order chi connectivity index (χ0) is 19.7. The van der Waals surface area contributed by atoms with Gasteiger partial charge in [0, 0.05) is 25.0 Å². The number of carbonyl (C=O) groups is 2. The molecule has 3 fully saturated rings. The maximum Gasteiger partial charge on any atom is 0.407 e. The van der Waals surface area contributed by atoms with E-state index in [1.807, 2.05) is 24.3 Å². The Morgan fingerprint density at radius 1 is 1.21 bits per heavy atom. The van der Waals surface area contributed by atoms with E-state index in [1.165, 1.54) is 5.56 Å². The first-order valence-corrected chi connectivity index (χ1v) is 10.8. The molecule has 1 spiro atoms. The van der Waals surface area contributed by atoms with Gasteiger partial charge in [-0.15, -0.1) is 0 Å². The molecule has 2 amide bonds. The largest absolute Gasteiger partial charge is 0.446 e. The summed E-state index contributed by atoms with van der Waals surface area (Å²) < 4.78 is 5.86. The van der Waals surface area contributed by atoms with Crippen molar-refractivity contribution in [3.05, 3.63) is 35.4 Å². The smallest absolute Gasteiger partial charge is 0.407 e. The fourth-order valence-corrected chi connectivity index (χ4v) is 5.87. The fourth-order valence-electron chi connectivity index (χ4n) is 5.87. The van der Waals surface area contributed by atoms with Gasteiger partial charge in [0.25, 0.3) is 0 Å². The molecule has 1 aromatic carbocycles. The van der Waals surface area contributed by atoms with Crippen LogP contribution in [-0.2, 0) is 16.1 Å². The summed E-state index contributed by atoms with van der Waals surface area (Å²) >= 11 is 0. The molecule has 0 bridgehead atoms. The molecule has 4 atom stereocenters. The lowest BCUT2D eigenvalue weighted by Crippen LogP contribution is -2.58. The standard InChI is InChI=1S/C23H32N2O3/c1-16-7-9-18(10-8-16)15-24-22(27)28-20-11-13-23-12-4-14-25(23)21(26)6-3-5-19(23)17(20)2/h7-10,17,19-20H,3-6,11-15H2,1-2H3,(H,24,27)/t17-,19+,20+,23-/m1/s1. The molecule has 2 saturated heterocycles. The Morgan fingerprint density at radius 3 is 2.79 bits per heavy atom. The summed E-state index contributed by atoms with van der Waals surface area (Å²) in [6.07, 6.45) is 6.33. The lowest BCUT2D eigenvalue weighted by molar-refractivity contribution is -0.140. The van der Waals surface area contributed by atoms with Crippen molar-refractivity contribution >= 4 is 12.0 Å². The van der Waals surface area contributed by atoms with E-state index in [0.717, 1.165) is 50.6 Å². The highest BCUT2D eigenvalue weighted by Gasteiger charge is 2.55. The predicted octanol–water partition coefficient (Wildman–Crippen LogP) is 4.18. The number of nitrogens with one attached hydrogen (secondary N) is 1. The molecule has 5 nitrogen and oxygen atoms in total. The molecule has 1 saturated carbocycles. The summed E-state index contributed by atoms with van der Waals surface area (Å²) in [4.78, 5) is 27.2. The minimum atomic E-state index is -0.332. The van der Waals surface area contributed by atoms with Gasteiger partial charge in [0.2, 0.25) is 5.91 Å². The van der Waals surface area contributed by atoms with Gasteiger partial charge in [0.05, 0.1) is 0 Å². The van der Waals surface area contributed by atoms with E-state index in [0.29, 0.717) is 24.8 Å². The molecule has 1 N–H and O–H groups in total. The number of hydrogen-bond donors (Lipinski definition) is 1. The molecule has 5 heteroatoms. The Hall–Kier alpha value is -2.04. The van der Waals surface area contributed by atoms with Crippen LogP contribution in [-0.4, -0.2) is 35.1 Å². The topological polar surface area (TPSA) is 58.6 Å². The Balaban J connectivity index is 1.38. The van der Waals surface area contributed by atoms with Crippen molar-refractivity contribution in [1.29, 1.82) is 0 Å². The van der Waals surface area contributed by atoms with Crippen LogP contribution in [0.2, 0.25) is 0 Å². The lowest BCUT2D eigenvalue weighted by atomic mass is 9.64. The summed E-state index contributed by atoms with van der Waals surface area (Å²) in [5, 5.41) is 2.90. The average molecular weight is 385 g/mol. The summed E-state index contributed by atoms with van der Waals surface area (Å²) in [6.45, 7) is 5.66. The number of nitrogens with zero attached hydrogens (tertiary/aromatic N) is 1. The Labute approximate surface area is 167 Å². The third-order valence-electron chi connectivity index (χ3n) is 7.32. The highest BCUT2D eigenvalue weighted by atomic mass is 16.6. The van der Waals surface area contributed by atoms with Gasteiger partial charge in [-0.2, -0.15) is 0 Å². The van der Waals surface area contributed by atoms with Crippen molar-refractivity contribution in [2.45, 2.75) is 77.0 Å². The highest BCUT2D eigenvalue weighted by molar-refractivity contribution is 5.78. The van der Waals surface area contributed by atoms with Gasteiger partial charge in [-0.1, -0.05) is 36.8 Å². The second-order valence-electron chi connectivity index (χ2n) is 8.93. The molecule has 0 radical (unpaired) electrons. The van der Waals surface area contributed by atoms with Crippen LogP contribution in [0.15, 0.2) is 24.3 Å². The van der Waals surface area contributed by atoms with Crippen LogP contribution in [0.5, 0.6) is 0 Å². The fraction of sp³-hybridized carbons (Fsp3) is 0.652. The third-order valence-corrected chi connectivity index (χ3v) is 7.32. The van der Waals surface area contributed by atoms with Crippen LogP contribution in [0.25, 0.3) is 0 Å². The molecule has 3 aliphatic rings. The number of rotatable bonds is 3. The minimum Gasteiger partial charge on any atom is -0.446 e. The molecule has 28 heavy (non-hydrogen) atoms. The van der Waals surface area contributed by atoms with Crippen molar-refractivity contribution in [2.24, 2.45) is 11.8 Å². The van der Waals surface area contributed by atoms with E-state index in [-0.39, 0.29) is 23.7 Å². The van der Waals surface area contributed by atoms with E-state index < -0.39 is 0 Å². The van der Waals surface area contributed by atoms with E-state index >= 15 is 0 Å². The van der Waals surface area contributed by atoms with Crippen molar-refractivity contribution in [3.63, 3.8) is 0 Å². The van der Waals surface area contributed by atoms with Crippen LogP contribution < -0.4 is 5.32 Å². The average Bonchev–Trinajstić information content (AvgIpc) is 3.05. The molecule has 2 aliphatic heterocycles. The van der Waals surface area contributed by atoms with Gasteiger partial charge < -0.3 is 15.0 Å². The number of hydrogen-bond acceptors (Lipinski definition) is 3. The van der Waals surface area contributed by atoms with Gasteiger partial charge >= 0.3 is 6.09 Å². The number of aryl methyl sites for hydroxylation is 1. The van der Waals surface area contributed by atoms with Crippen LogP contribution in [0.4, 0.5) is 4.79 Å². The Bertz CT molecular complexity index is 732. The highest BCUT2D eigenvalue weighted by Crippen LogP contribution is 2.52. The summed E-state index contributed by atoms with van der Waals surface area (Å²) in [7, 11) is 0. The summed E-state index contributed by atoms with van der Waals surface area (Å²) in [5.41, 5.74) is 2.30. The van der Waals surface area contributed by atoms with Crippen molar-refractivity contribution in [1.82, 2.24) is 10.2 Å². The van der Waals surface area contributed by atoms with Crippen LogP contribution in [0.1, 0.15) is 63.0 Å². The van der Waals surface area contributed by atoms with Crippen LogP contribution in [0, 0.1) is 18.8 Å². The minimum absolute atomic E-state index is 0.0191. The van der Waals surface area contributed by atoms with E-state index in [4.69, 9.17) is 4.74 Å². The maximum atomic E-state index is 12.6. The molecule has 152 valence electrons. The van der Waals surface area contributed by atoms with E-state index in [1.54, 1.807) is 0 Å². The lowest BCUT2D eigenvalue weighted by Gasteiger charge is -2.51. The number of benzene rings is 1. The number of alkyl carbamates (subject to hydrolysis) is 1. The zero-order valence-electron chi connectivity index (χ0n) is 17.1. The van der Waals surface area contributed by atoms with E-state index in [9.17, 15) is 9.59 Å². The summed E-state index contributed by atoms with van der Waals surface area (Å²) in [6, 6.07) is 8.15. The van der Waals surface area contributed by atoms with Crippen molar-refractivity contribution in [2.75, 3.05) is 6.54 Å². The molecule has 0 unspecified atom stereocenters. The third kappa shape index (κ3) is 3.51. The molecule has 1 aliphatic carbocycles. The van der Waals surface area contributed by atoms with Gasteiger partial charge in [0.1, 0.15) is 6.10 Å². The van der Waals surface area contributed by atoms with Gasteiger partial charge in [-0.05, 0) is 62.8 Å². The van der Waals surface area contributed by atoms with Gasteiger partial charge in [0.15, 0.2) is 0 Å². The van der Waals surface area contributed by atoms with Crippen molar-refractivity contribution in [3.8, 4) is 0 Å². The first-order chi connectivity index (χ1) is 13.5. The van der Waals surface area contributed by atoms with Crippen molar-refractivity contribution < 1.29 is 14.3 Å². The Morgan fingerprint density at radius 2 is 2.00 bits per heavy atom. The summed E-state index contributed by atoms with van der Waals surface area (Å²) in [5.74, 6) is 1.05. The second kappa shape index (κ2) is 7.76. The molecular formula is C23H32N2O3. The molecular weight excluding hydrogens is 352 g/mol. The zero-order valence-corrected chi connectivity index (χ0v) is 17.1. The first-order valence-electron chi connectivity index (χ1n) is 10.8. The number of amides is 2. The monoisotopic (exact) mass is 384 g/mol. The first kappa shape index (κ1) is 19.3. The SMILES string of the molecule is Cc1ccc(CNC(=O)O[C@H]2CC[C@@]34CCCN3C(=O)CCC[C@H]4[C@H]2C)cc1. The quantitative estimate of drug-likeness (QED) is 0.850. The number of ether oxygens (including phenoxy) is 1. The Kier molecular flexibility index (Phi) is 5.35. The normalized spacial score (nSPS) is 32.3. The molecule has 1 aromatic rings. The van der Waals surface area contributed by atoms with Gasteiger partial charge in [-0.25, -0.2) is 4.79 Å². The van der Waals surface area contributed by atoms with E-state index in [2.05, 4.69) is 24.1 Å². The van der Waals surface area contributed by atoms with Gasteiger partial charge in [-0.3, -0.25) is 4.79 Å². The molecule has 2 heterocycles. The second-order valence-corrected chi connectivity index (χ2v) is 8.93. The number of carbonyl (C=O) groups excluding carboxylic acids is 2.